The van der Waals surface area contributed by atoms with Crippen LogP contribution in [0.15, 0.2) is 295 Å². The fourth-order valence-corrected chi connectivity index (χ4v) is 17.0. The minimum Gasteiger partial charge on any atom is -0.457 e. The molecular formula is C76H49NOS. The van der Waals surface area contributed by atoms with Crippen LogP contribution in [0.1, 0.15) is 73.7 Å². The van der Waals surface area contributed by atoms with Crippen molar-refractivity contribution in [2.24, 2.45) is 0 Å². The maximum Gasteiger partial charge on any atom is 0.132 e. The van der Waals surface area contributed by atoms with Crippen LogP contribution in [-0.4, -0.2) is 0 Å². The Morgan fingerprint density at radius 1 is 0.380 bits per heavy atom. The van der Waals surface area contributed by atoms with E-state index in [0.717, 1.165) is 39.7 Å². The second-order valence-electron chi connectivity index (χ2n) is 21.7. The lowest BCUT2D eigenvalue weighted by Gasteiger charge is -2.42. The second kappa shape index (κ2) is 16.3. The van der Waals surface area contributed by atoms with Gasteiger partial charge in [0.05, 0.1) is 27.6 Å². The van der Waals surface area contributed by atoms with E-state index >= 15 is 0 Å². The van der Waals surface area contributed by atoms with Gasteiger partial charge in [0.15, 0.2) is 0 Å². The van der Waals surface area contributed by atoms with Gasteiger partial charge in [-0.15, -0.1) is 0 Å². The molecule has 17 rings (SSSR count). The quantitative estimate of drug-likeness (QED) is 0.174. The molecule has 11 aromatic rings. The van der Waals surface area contributed by atoms with Crippen LogP contribution in [0.5, 0.6) is 11.5 Å². The minimum atomic E-state index is -0.677. The lowest BCUT2D eigenvalue weighted by atomic mass is 9.66. The average molecular weight is 1020 g/mol. The fourth-order valence-electron chi connectivity index (χ4n) is 15.8. The number of fused-ring (bicyclic) bond motifs is 25. The van der Waals surface area contributed by atoms with Gasteiger partial charge >= 0.3 is 0 Å². The fraction of sp³-hybridized carbons (Fsp3) is 0.0526. The topological polar surface area (TPSA) is 12.5 Å². The van der Waals surface area contributed by atoms with Gasteiger partial charge in [0.25, 0.3) is 0 Å². The van der Waals surface area contributed by atoms with Crippen LogP contribution in [0.2, 0.25) is 0 Å². The monoisotopic (exact) mass is 1020 g/mol. The smallest absolute Gasteiger partial charge is 0.132 e. The highest BCUT2D eigenvalue weighted by molar-refractivity contribution is 7.99. The Morgan fingerprint density at radius 2 is 0.785 bits per heavy atom. The Hall–Kier alpha value is -9.41. The van der Waals surface area contributed by atoms with Crippen LogP contribution in [0.4, 0.5) is 11.4 Å². The van der Waals surface area contributed by atoms with Crippen molar-refractivity contribution in [1.82, 2.24) is 0 Å². The second-order valence-corrected chi connectivity index (χ2v) is 22.8. The first-order valence-corrected chi connectivity index (χ1v) is 28.3. The van der Waals surface area contributed by atoms with E-state index in [1.807, 2.05) is 17.8 Å². The van der Waals surface area contributed by atoms with Gasteiger partial charge in [-0.25, -0.2) is 0 Å². The van der Waals surface area contributed by atoms with Crippen LogP contribution in [0, 0.1) is 0 Å². The molecule has 2 aliphatic heterocycles. The van der Waals surface area contributed by atoms with Crippen molar-refractivity contribution in [3.63, 3.8) is 0 Å². The summed E-state index contributed by atoms with van der Waals surface area (Å²) >= 11 is 1.89. The molecule has 11 aromatic carbocycles. The summed E-state index contributed by atoms with van der Waals surface area (Å²) in [6, 6.07) is 95.7. The predicted octanol–water partition coefficient (Wildman–Crippen LogP) is 19.0. The molecule has 0 aromatic heterocycles. The van der Waals surface area contributed by atoms with Gasteiger partial charge in [-0.1, -0.05) is 249 Å². The largest absolute Gasteiger partial charge is 0.457 e. The van der Waals surface area contributed by atoms with E-state index in [9.17, 15) is 0 Å². The molecule has 0 unspecified atom stereocenters. The SMILES string of the molecule is C=CC=C1/C(=C(\C)N(c2cccc3c2-c2ccccc2C32c3ccccc3Oc3ccccc32)c2cccc3c2C2(c4ccccc4Sc4ccccc42)c2ccccc2-3)c2ccccc2C12c1ccccc1-c1ccccc12. The van der Waals surface area contributed by atoms with Crippen molar-refractivity contribution in [2.45, 2.75) is 33.0 Å². The van der Waals surface area contributed by atoms with Crippen molar-refractivity contribution < 1.29 is 4.74 Å². The number of benzene rings is 11. The minimum absolute atomic E-state index is 0.611. The highest BCUT2D eigenvalue weighted by Crippen LogP contribution is 2.69. The zero-order valence-corrected chi connectivity index (χ0v) is 44.2. The zero-order chi connectivity index (χ0) is 52.2. The molecule has 370 valence electrons. The van der Waals surface area contributed by atoms with Crippen LogP contribution >= 0.6 is 11.8 Å². The first-order chi connectivity index (χ1) is 39.1. The number of anilines is 2. The molecule has 6 aliphatic rings. The maximum absolute atomic E-state index is 6.88. The van der Waals surface area contributed by atoms with Gasteiger partial charge in [0.1, 0.15) is 11.5 Å². The first kappa shape index (κ1) is 44.7. The van der Waals surface area contributed by atoms with E-state index < -0.39 is 16.2 Å². The molecule has 0 amide bonds. The molecule has 0 saturated carbocycles. The molecule has 0 atom stereocenters. The molecule has 79 heavy (non-hydrogen) atoms. The molecule has 2 heterocycles. The summed E-state index contributed by atoms with van der Waals surface area (Å²) in [6.07, 6.45) is 4.34. The lowest BCUT2D eigenvalue weighted by Crippen LogP contribution is -2.34. The molecule has 0 saturated heterocycles. The van der Waals surface area contributed by atoms with E-state index in [-0.39, 0.29) is 0 Å². The Bertz CT molecular complexity index is 4430. The van der Waals surface area contributed by atoms with Crippen molar-refractivity contribution >= 4 is 28.7 Å². The number of nitrogens with zero attached hydrogens (tertiary/aromatic N) is 1. The van der Waals surface area contributed by atoms with Crippen LogP contribution < -0.4 is 9.64 Å². The summed E-state index contributed by atoms with van der Waals surface area (Å²) in [6.45, 7) is 6.91. The first-order valence-electron chi connectivity index (χ1n) is 27.5. The summed E-state index contributed by atoms with van der Waals surface area (Å²) in [4.78, 5) is 5.24. The number of ether oxygens (including phenoxy) is 1. The van der Waals surface area contributed by atoms with Crippen LogP contribution in [0.3, 0.4) is 0 Å². The molecule has 2 nitrogen and oxygen atoms in total. The van der Waals surface area contributed by atoms with E-state index in [1.54, 1.807) is 0 Å². The van der Waals surface area contributed by atoms with Gasteiger partial charge in [0, 0.05) is 43.3 Å². The van der Waals surface area contributed by atoms with Crippen molar-refractivity contribution in [3.05, 3.63) is 352 Å². The molecule has 0 fully saturated rings. The molecule has 0 radical (unpaired) electrons. The molecule has 0 bridgehead atoms. The molecule has 0 N–H and O–H groups in total. The normalized spacial score (nSPS) is 16.7. The third kappa shape index (κ3) is 5.43. The summed E-state index contributed by atoms with van der Waals surface area (Å²) in [7, 11) is 0. The zero-order valence-electron chi connectivity index (χ0n) is 43.4. The number of para-hydroxylation sites is 2. The summed E-state index contributed by atoms with van der Waals surface area (Å²) in [5.74, 6) is 1.75. The third-order valence-corrected chi connectivity index (χ3v) is 19.5. The summed E-state index contributed by atoms with van der Waals surface area (Å²) in [5.41, 5.74) is 26.3. The van der Waals surface area contributed by atoms with E-state index in [1.165, 1.54) is 110 Å². The maximum atomic E-state index is 6.88. The third-order valence-electron chi connectivity index (χ3n) is 18.4. The van der Waals surface area contributed by atoms with Gasteiger partial charge < -0.3 is 9.64 Å². The summed E-state index contributed by atoms with van der Waals surface area (Å²) in [5, 5.41) is 0. The molecule has 4 aliphatic carbocycles. The molecule has 3 spiro atoms. The Kier molecular flexibility index (Phi) is 9.23. The predicted molar refractivity (Wildman–Crippen MR) is 323 cm³/mol. The average Bonchev–Trinajstić information content (AvgIpc) is 4.00. The van der Waals surface area contributed by atoms with Crippen LogP contribution in [-0.2, 0) is 16.2 Å². The highest BCUT2D eigenvalue weighted by Gasteiger charge is 2.57. The Morgan fingerprint density at radius 3 is 1.37 bits per heavy atom. The van der Waals surface area contributed by atoms with Gasteiger partial charge in [-0.3, -0.25) is 0 Å². The van der Waals surface area contributed by atoms with Gasteiger partial charge in [0.2, 0.25) is 0 Å². The highest BCUT2D eigenvalue weighted by atomic mass is 32.2. The number of rotatable bonds is 4. The van der Waals surface area contributed by atoms with Crippen molar-refractivity contribution in [3.8, 4) is 44.9 Å². The number of allylic oxidation sites excluding steroid dienone is 5. The standard InChI is InChI=1S/C76H49NOS/c1-3-24-63-71(52-28-7-12-34-57(52)74(63)54-31-9-4-25-48(54)49-26-5-10-32-55(49)74)47(2)77(65-41-23-40-64-72(65)53-29-8-13-35-58(53)75(64)59-36-14-18-43-67(59)78-68-44-19-15-37-60(68)75)66-42-22-30-51-50-27-6-11-33-56(50)76(73(51)66)61-38-16-20-45-69(61)79-70-46-21-17-39-62(70)76/h3-46H,1H2,2H3/b63-24?,71-47+. The van der Waals surface area contributed by atoms with E-state index in [4.69, 9.17) is 4.74 Å². The summed E-state index contributed by atoms with van der Waals surface area (Å²) < 4.78 is 6.88. The van der Waals surface area contributed by atoms with E-state index in [0.29, 0.717) is 0 Å². The number of hydrogen-bond acceptors (Lipinski definition) is 3. The lowest BCUT2D eigenvalue weighted by molar-refractivity contribution is 0.436. The Balaban J connectivity index is 1.05. The van der Waals surface area contributed by atoms with Crippen LogP contribution in [0.25, 0.3) is 39.0 Å². The molecule has 3 heteroatoms. The molecular weight excluding hydrogens is 975 g/mol. The van der Waals surface area contributed by atoms with E-state index in [2.05, 4.69) is 279 Å². The van der Waals surface area contributed by atoms with Gasteiger partial charge in [-0.2, -0.15) is 0 Å². The number of hydrogen-bond donors (Lipinski definition) is 0. The van der Waals surface area contributed by atoms with Crippen molar-refractivity contribution in [2.75, 3.05) is 4.90 Å². The Labute approximate surface area is 465 Å². The van der Waals surface area contributed by atoms with Crippen molar-refractivity contribution in [1.29, 1.82) is 0 Å². The van der Waals surface area contributed by atoms with Gasteiger partial charge in [-0.05, 0) is 127 Å².